The van der Waals surface area contributed by atoms with Crippen LogP contribution in [0.2, 0.25) is 0 Å². The Hall–Kier alpha value is -1.26. The number of hydrogen-bond acceptors (Lipinski definition) is 4. The molecule has 1 aliphatic rings. The highest BCUT2D eigenvalue weighted by Gasteiger charge is 2.12. The first-order chi connectivity index (χ1) is 9.15. The summed E-state index contributed by atoms with van der Waals surface area (Å²) in [7, 11) is 6.33. The van der Waals surface area contributed by atoms with Crippen molar-refractivity contribution in [2.45, 2.75) is 0 Å². The van der Waals surface area contributed by atoms with Crippen LogP contribution >= 0.6 is 0 Å². The first-order valence-corrected chi connectivity index (χ1v) is 7.07. The van der Waals surface area contributed by atoms with Gasteiger partial charge in [-0.2, -0.15) is 0 Å². The van der Waals surface area contributed by atoms with Gasteiger partial charge in [0.2, 0.25) is 0 Å². The molecule has 0 spiro atoms. The van der Waals surface area contributed by atoms with Crippen LogP contribution in [0, 0.1) is 0 Å². The molecule has 106 valence electrons. The third kappa shape index (κ3) is 4.40. The molecule has 0 aromatic heterocycles. The zero-order valence-electron chi connectivity index (χ0n) is 12.4. The molecule has 1 heterocycles. The summed E-state index contributed by atoms with van der Waals surface area (Å²) in [6, 6.07) is 8.61. The van der Waals surface area contributed by atoms with Gasteiger partial charge in [0.15, 0.2) is 0 Å². The van der Waals surface area contributed by atoms with E-state index >= 15 is 0 Å². The second kappa shape index (κ2) is 6.78. The molecule has 4 heteroatoms. The Labute approximate surface area is 117 Å². The Morgan fingerprint density at radius 2 is 1.68 bits per heavy atom. The molecule has 0 atom stereocenters. The molecule has 19 heavy (non-hydrogen) atoms. The van der Waals surface area contributed by atoms with E-state index in [1.165, 1.54) is 37.6 Å². The van der Waals surface area contributed by atoms with Gasteiger partial charge in [-0.3, -0.25) is 4.90 Å². The van der Waals surface area contributed by atoms with E-state index in [-0.39, 0.29) is 0 Å². The summed E-state index contributed by atoms with van der Waals surface area (Å²) >= 11 is 0. The Balaban J connectivity index is 1.70. The van der Waals surface area contributed by atoms with Crippen LogP contribution in [0.15, 0.2) is 24.3 Å². The van der Waals surface area contributed by atoms with Gasteiger partial charge in [-0.1, -0.05) is 0 Å². The van der Waals surface area contributed by atoms with Gasteiger partial charge in [-0.25, -0.2) is 0 Å². The normalized spacial score (nSPS) is 17.4. The molecule has 0 radical (unpaired) electrons. The van der Waals surface area contributed by atoms with Crippen LogP contribution in [0.1, 0.15) is 0 Å². The minimum atomic E-state index is 1.02. The molecule has 0 aliphatic carbocycles. The molecule has 1 aromatic carbocycles. The molecule has 0 bridgehead atoms. The molecule has 1 fully saturated rings. The molecule has 1 aromatic rings. The van der Waals surface area contributed by atoms with E-state index in [0.717, 1.165) is 13.1 Å². The molecule has 0 unspecified atom stereocenters. The van der Waals surface area contributed by atoms with Crippen molar-refractivity contribution in [3.63, 3.8) is 0 Å². The van der Waals surface area contributed by atoms with Crippen LogP contribution in [0.25, 0.3) is 0 Å². The summed E-state index contributed by atoms with van der Waals surface area (Å²) < 4.78 is 0. The Kier molecular flexibility index (Phi) is 5.05. The number of benzene rings is 1. The molecular formula is C15H26N4. The largest absolute Gasteiger partial charge is 0.384 e. The number of piperazine rings is 1. The van der Waals surface area contributed by atoms with Gasteiger partial charge in [0.05, 0.1) is 0 Å². The van der Waals surface area contributed by atoms with E-state index in [2.05, 4.69) is 65.4 Å². The average molecular weight is 262 g/mol. The van der Waals surface area contributed by atoms with Crippen molar-refractivity contribution in [1.29, 1.82) is 0 Å². The predicted octanol–water partition coefficient (Wildman–Crippen LogP) is 1.41. The highest BCUT2D eigenvalue weighted by molar-refractivity contribution is 5.54. The van der Waals surface area contributed by atoms with Crippen molar-refractivity contribution in [3.05, 3.63) is 24.3 Å². The van der Waals surface area contributed by atoms with Crippen LogP contribution < -0.4 is 10.2 Å². The van der Waals surface area contributed by atoms with Gasteiger partial charge in [0.25, 0.3) is 0 Å². The highest BCUT2D eigenvalue weighted by atomic mass is 15.2. The maximum Gasteiger partial charge on any atom is 0.0362 e. The van der Waals surface area contributed by atoms with Crippen molar-refractivity contribution in [3.8, 4) is 0 Å². The second-order valence-corrected chi connectivity index (χ2v) is 5.51. The molecular weight excluding hydrogens is 236 g/mol. The SMILES string of the molecule is CN1CCN(CCNc2ccc(N(C)C)cc2)CC1. The zero-order valence-corrected chi connectivity index (χ0v) is 12.4. The third-order valence-electron chi connectivity index (χ3n) is 3.74. The minimum Gasteiger partial charge on any atom is -0.384 e. The fourth-order valence-corrected chi connectivity index (χ4v) is 2.31. The van der Waals surface area contributed by atoms with Crippen molar-refractivity contribution in [1.82, 2.24) is 9.80 Å². The summed E-state index contributed by atoms with van der Waals surface area (Å²) in [4.78, 5) is 7.04. The van der Waals surface area contributed by atoms with Crippen LogP contribution in [0.3, 0.4) is 0 Å². The van der Waals surface area contributed by atoms with E-state index in [4.69, 9.17) is 0 Å². The van der Waals surface area contributed by atoms with Crippen LogP contribution in [-0.2, 0) is 0 Å². The van der Waals surface area contributed by atoms with Gasteiger partial charge in [-0.15, -0.1) is 0 Å². The van der Waals surface area contributed by atoms with Gasteiger partial charge < -0.3 is 15.1 Å². The van der Waals surface area contributed by atoms with Gasteiger partial charge >= 0.3 is 0 Å². The third-order valence-corrected chi connectivity index (χ3v) is 3.74. The fraction of sp³-hybridized carbons (Fsp3) is 0.600. The van der Waals surface area contributed by atoms with Crippen molar-refractivity contribution >= 4 is 11.4 Å². The quantitative estimate of drug-likeness (QED) is 0.866. The maximum absolute atomic E-state index is 3.50. The molecule has 0 amide bonds. The summed E-state index contributed by atoms with van der Waals surface area (Å²) in [6.07, 6.45) is 0. The van der Waals surface area contributed by atoms with Gasteiger partial charge in [-0.05, 0) is 31.3 Å². The highest BCUT2D eigenvalue weighted by Crippen LogP contribution is 2.15. The first kappa shape index (κ1) is 14.2. The lowest BCUT2D eigenvalue weighted by Crippen LogP contribution is -2.45. The molecule has 0 saturated carbocycles. The van der Waals surface area contributed by atoms with E-state index in [9.17, 15) is 0 Å². The van der Waals surface area contributed by atoms with Crippen molar-refractivity contribution in [2.75, 3.05) is 70.6 Å². The van der Waals surface area contributed by atoms with Crippen LogP contribution in [0.5, 0.6) is 0 Å². The molecule has 2 rings (SSSR count). The number of likely N-dealkylation sites (N-methyl/N-ethyl adjacent to an activating group) is 1. The first-order valence-electron chi connectivity index (χ1n) is 7.07. The van der Waals surface area contributed by atoms with Crippen molar-refractivity contribution in [2.24, 2.45) is 0 Å². The van der Waals surface area contributed by atoms with Gasteiger partial charge in [0, 0.05) is 64.7 Å². The van der Waals surface area contributed by atoms with Crippen molar-refractivity contribution < 1.29 is 0 Å². The maximum atomic E-state index is 3.50. The van der Waals surface area contributed by atoms with E-state index in [1.54, 1.807) is 0 Å². The molecule has 1 saturated heterocycles. The van der Waals surface area contributed by atoms with Crippen LogP contribution in [-0.4, -0.2) is 70.2 Å². The smallest absolute Gasteiger partial charge is 0.0362 e. The summed E-state index contributed by atoms with van der Waals surface area (Å²) in [5.41, 5.74) is 2.45. The molecule has 1 aliphatic heterocycles. The zero-order chi connectivity index (χ0) is 13.7. The minimum absolute atomic E-state index is 1.02. The molecule has 1 N–H and O–H groups in total. The monoisotopic (exact) mass is 262 g/mol. The molecule has 4 nitrogen and oxygen atoms in total. The Morgan fingerprint density at radius 3 is 2.26 bits per heavy atom. The van der Waals surface area contributed by atoms with E-state index in [0.29, 0.717) is 0 Å². The summed E-state index contributed by atoms with van der Waals surface area (Å²) in [5.74, 6) is 0. The second-order valence-electron chi connectivity index (χ2n) is 5.51. The number of hydrogen-bond donors (Lipinski definition) is 1. The van der Waals surface area contributed by atoms with Gasteiger partial charge in [0.1, 0.15) is 0 Å². The van der Waals surface area contributed by atoms with E-state index in [1.807, 2.05) is 0 Å². The lowest BCUT2D eigenvalue weighted by molar-refractivity contribution is 0.158. The Bertz CT molecular complexity index is 366. The standard InChI is InChI=1S/C15H26N4/c1-17(2)15-6-4-14(5-7-15)16-8-9-19-12-10-18(3)11-13-19/h4-7,16H,8-13H2,1-3H3. The summed E-state index contributed by atoms with van der Waals surface area (Å²) in [6.45, 7) is 6.92. The Morgan fingerprint density at radius 1 is 1.05 bits per heavy atom. The number of nitrogens with zero attached hydrogens (tertiary/aromatic N) is 3. The lowest BCUT2D eigenvalue weighted by Gasteiger charge is -2.32. The lowest BCUT2D eigenvalue weighted by atomic mass is 10.2. The predicted molar refractivity (Wildman–Crippen MR) is 83.2 cm³/mol. The average Bonchev–Trinajstić information content (AvgIpc) is 2.41. The number of nitrogens with one attached hydrogen (secondary N) is 1. The fourth-order valence-electron chi connectivity index (χ4n) is 2.31. The van der Waals surface area contributed by atoms with Crippen LogP contribution in [0.4, 0.5) is 11.4 Å². The van der Waals surface area contributed by atoms with E-state index < -0.39 is 0 Å². The summed E-state index contributed by atoms with van der Waals surface area (Å²) in [5, 5.41) is 3.50. The number of rotatable bonds is 5. The number of anilines is 2. The topological polar surface area (TPSA) is 21.8 Å².